The molecule has 0 saturated carbocycles. The summed E-state index contributed by atoms with van der Waals surface area (Å²) in [5.41, 5.74) is 4.59. The lowest BCUT2D eigenvalue weighted by Gasteiger charge is -2.09. The fourth-order valence-corrected chi connectivity index (χ4v) is 1.26. The summed E-state index contributed by atoms with van der Waals surface area (Å²) in [6, 6.07) is 2.20. The molecule has 2 amide bonds. The highest BCUT2D eigenvalue weighted by Crippen LogP contribution is 2.21. The van der Waals surface area contributed by atoms with Crippen LogP contribution in [0.25, 0.3) is 0 Å². The molecule has 19 heavy (non-hydrogen) atoms. The standard InChI is InChI=1S/C11H11F2N3O2S/c1-5-2-3-6(12)9(8(5)13)16-11(18)10(17)15-4-7(14)19/h2-3H,4H2,1H3,(H2,14,19)(H,15,17)(H,16,18). The molecule has 0 spiro atoms. The normalized spacial score (nSPS) is 9.84. The van der Waals surface area contributed by atoms with Crippen LogP contribution in [0.15, 0.2) is 12.1 Å². The summed E-state index contributed by atoms with van der Waals surface area (Å²) in [4.78, 5) is 22.7. The summed E-state index contributed by atoms with van der Waals surface area (Å²) in [7, 11) is 0. The highest BCUT2D eigenvalue weighted by atomic mass is 32.1. The van der Waals surface area contributed by atoms with Crippen molar-refractivity contribution in [3.05, 3.63) is 29.3 Å². The number of nitrogens with one attached hydrogen (secondary N) is 2. The highest BCUT2D eigenvalue weighted by Gasteiger charge is 2.19. The monoisotopic (exact) mass is 287 g/mol. The van der Waals surface area contributed by atoms with Gasteiger partial charge in [-0.15, -0.1) is 0 Å². The van der Waals surface area contributed by atoms with Crippen molar-refractivity contribution in [3.63, 3.8) is 0 Å². The number of thiocarbonyl (C=S) groups is 1. The van der Waals surface area contributed by atoms with E-state index in [4.69, 9.17) is 5.73 Å². The Bertz CT molecular complexity index is 549. The lowest BCUT2D eigenvalue weighted by Crippen LogP contribution is -2.39. The fourth-order valence-electron chi connectivity index (χ4n) is 1.19. The van der Waals surface area contributed by atoms with Gasteiger partial charge in [-0.05, 0) is 18.6 Å². The maximum absolute atomic E-state index is 13.6. The van der Waals surface area contributed by atoms with Crippen LogP contribution in [0.1, 0.15) is 5.56 Å². The summed E-state index contributed by atoms with van der Waals surface area (Å²) < 4.78 is 26.9. The van der Waals surface area contributed by atoms with E-state index in [0.717, 1.165) is 6.07 Å². The van der Waals surface area contributed by atoms with Crippen LogP contribution in [0.4, 0.5) is 14.5 Å². The molecule has 0 bridgehead atoms. The molecule has 0 atom stereocenters. The van der Waals surface area contributed by atoms with E-state index < -0.39 is 29.1 Å². The van der Waals surface area contributed by atoms with Gasteiger partial charge in [-0.25, -0.2) is 8.78 Å². The van der Waals surface area contributed by atoms with E-state index in [0.29, 0.717) is 0 Å². The maximum atomic E-state index is 13.6. The molecule has 0 aliphatic carbocycles. The molecule has 1 rings (SSSR count). The summed E-state index contributed by atoms with van der Waals surface area (Å²) >= 11 is 4.50. The molecule has 0 aliphatic heterocycles. The zero-order chi connectivity index (χ0) is 14.6. The summed E-state index contributed by atoms with van der Waals surface area (Å²) in [5, 5.41) is 3.95. The van der Waals surface area contributed by atoms with Crippen LogP contribution in [0.5, 0.6) is 0 Å². The number of aryl methyl sites for hydroxylation is 1. The van der Waals surface area contributed by atoms with Crippen molar-refractivity contribution in [3.8, 4) is 0 Å². The van der Waals surface area contributed by atoms with Gasteiger partial charge in [-0.2, -0.15) is 0 Å². The van der Waals surface area contributed by atoms with E-state index in [9.17, 15) is 18.4 Å². The third-order valence-electron chi connectivity index (χ3n) is 2.15. The van der Waals surface area contributed by atoms with E-state index >= 15 is 0 Å². The molecule has 0 saturated heterocycles. The van der Waals surface area contributed by atoms with Crippen molar-refractivity contribution in [2.75, 3.05) is 11.9 Å². The largest absolute Gasteiger partial charge is 0.392 e. The second-order valence-electron chi connectivity index (χ2n) is 3.66. The summed E-state index contributed by atoms with van der Waals surface area (Å²) in [6.45, 7) is 1.22. The van der Waals surface area contributed by atoms with Gasteiger partial charge in [0.1, 0.15) is 11.5 Å². The number of benzene rings is 1. The van der Waals surface area contributed by atoms with Gasteiger partial charge in [0, 0.05) is 0 Å². The van der Waals surface area contributed by atoms with Crippen LogP contribution in [0, 0.1) is 18.6 Å². The van der Waals surface area contributed by atoms with E-state index in [1.807, 2.05) is 5.32 Å². The van der Waals surface area contributed by atoms with Gasteiger partial charge in [0.15, 0.2) is 5.82 Å². The summed E-state index contributed by atoms with van der Waals surface area (Å²) in [6.07, 6.45) is 0. The van der Waals surface area contributed by atoms with Crippen LogP contribution in [0.3, 0.4) is 0 Å². The van der Waals surface area contributed by atoms with Crippen LogP contribution in [0.2, 0.25) is 0 Å². The van der Waals surface area contributed by atoms with Gasteiger partial charge >= 0.3 is 11.8 Å². The molecule has 0 unspecified atom stereocenters. The molecular weight excluding hydrogens is 276 g/mol. The third kappa shape index (κ3) is 3.95. The van der Waals surface area contributed by atoms with Gasteiger partial charge in [0.2, 0.25) is 0 Å². The van der Waals surface area contributed by atoms with Crippen molar-refractivity contribution in [1.29, 1.82) is 0 Å². The van der Waals surface area contributed by atoms with Gasteiger partial charge in [0.05, 0.1) is 11.5 Å². The van der Waals surface area contributed by atoms with E-state index in [1.165, 1.54) is 13.0 Å². The molecule has 0 aromatic heterocycles. The molecule has 102 valence electrons. The summed E-state index contributed by atoms with van der Waals surface area (Å²) in [5.74, 6) is -4.21. The molecule has 1 aromatic carbocycles. The number of hydrogen-bond acceptors (Lipinski definition) is 3. The number of amides is 2. The Morgan fingerprint density at radius 1 is 1.32 bits per heavy atom. The Hall–Kier alpha value is -2.09. The number of hydrogen-bond donors (Lipinski definition) is 3. The van der Waals surface area contributed by atoms with Gasteiger partial charge in [0.25, 0.3) is 0 Å². The molecule has 0 aliphatic rings. The van der Waals surface area contributed by atoms with Crippen molar-refractivity contribution >= 4 is 34.7 Å². The minimum atomic E-state index is -1.21. The Labute approximate surface area is 113 Å². The molecule has 1 aromatic rings. The lowest BCUT2D eigenvalue weighted by molar-refractivity contribution is -0.136. The predicted molar refractivity (Wildman–Crippen MR) is 69.5 cm³/mol. The Morgan fingerprint density at radius 2 is 1.95 bits per heavy atom. The Morgan fingerprint density at radius 3 is 2.53 bits per heavy atom. The predicted octanol–water partition coefficient (Wildman–Crippen LogP) is 0.614. The SMILES string of the molecule is Cc1ccc(F)c(NC(=O)C(=O)NCC(N)=S)c1F. The van der Waals surface area contributed by atoms with Crippen LogP contribution >= 0.6 is 12.2 Å². The van der Waals surface area contributed by atoms with E-state index in [-0.39, 0.29) is 17.1 Å². The smallest absolute Gasteiger partial charge is 0.313 e. The molecule has 0 heterocycles. The zero-order valence-electron chi connectivity index (χ0n) is 9.92. The lowest BCUT2D eigenvalue weighted by atomic mass is 10.2. The number of carbonyl (C=O) groups excluding carboxylic acids is 2. The number of nitrogens with two attached hydrogens (primary N) is 1. The number of carbonyl (C=O) groups is 2. The molecule has 0 radical (unpaired) electrons. The first kappa shape index (κ1) is 15.0. The van der Waals surface area contributed by atoms with E-state index in [2.05, 4.69) is 17.5 Å². The number of anilines is 1. The molecule has 4 N–H and O–H groups in total. The second-order valence-corrected chi connectivity index (χ2v) is 4.18. The Kier molecular flexibility index (Phi) is 4.87. The van der Waals surface area contributed by atoms with Crippen LogP contribution in [-0.2, 0) is 9.59 Å². The maximum Gasteiger partial charge on any atom is 0.313 e. The quantitative estimate of drug-likeness (QED) is 0.562. The fraction of sp³-hybridized carbons (Fsp3) is 0.182. The molecule has 0 fully saturated rings. The minimum absolute atomic E-state index is 0.0194. The third-order valence-corrected chi connectivity index (χ3v) is 2.30. The first-order valence-electron chi connectivity index (χ1n) is 5.15. The van der Waals surface area contributed by atoms with Crippen molar-refractivity contribution in [2.24, 2.45) is 5.73 Å². The second kappa shape index (κ2) is 6.19. The van der Waals surface area contributed by atoms with E-state index in [1.54, 1.807) is 0 Å². The number of halogens is 2. The van der Waals surface area contributed by atoms with Crippen molar-refractivity contribution in [2.45, 2.75) is 6.92 Å². The average Bonchev–Trinajstić information content (AvgIpc) is 2.36. The first-order valence-corrected chi connectivity index (χ1v) is 5.56. The molecule has 8 heteroatoms. The first-order chi connectivity index (χ1) is 8.82. The minimum Gasteiger partial charge on any atom is -0.392 e. The number of rotatable bonds is 3. The highest BCUT2D eigenvalue weighted by molar-refractivity contribution is 7.80. The van der Waals surface area contributed by atoms with Gasteiger partial charge in [-0.3, -0.25) is 9.59 Å². The van der Waals surface area contributed by atoms with Crippen molar-refractivity contribution < 1.29 is 18.4 Å². The topological polar surface area (TPSA) is 84.2 Å². The van der Waals surface area contributed by atoms with Crippen molar-refractivity contribution in [1.82, 2.24) is 5.32 Å². The van der Waals surface area contributed by atoms with Crippen LogP contribution in [-0.4, -0.2) is 23.3 Å². The molecular formula is C11H11F2N3O2S. The van der Waals surface area contributed by atoms with Gasteiger partial charge in [-0.1, -0.05) is 18.3 Å². The average molecular weight is 287 g/mol. The molecule has 5 nitrogen and oxygen atoms in total. The van der Waals surface area contributed by atoms with Gasteiger partial charge < -0.3 is 16.4 Å². The zero-order valence-corrected chi connectivity index (χ0v) is 10.7. The van der Waals surface area contributed by atoms with Crippen LogP contribution < -0.4 is 16.4 Å². The Balaban J connectivity index is 2.80.